The number of nitrogens with zero attached hydrogens (tertiary/aromatic N) is 1. The highest BCUT2D eigenvalue weighted by atomic mass is 35.5. The van der Waals surface area contributed by atoms with Crippen molar-refractivity contribution in [3.8, 4) is 0 Å². The molecule has 140 valence electrons. The Balaban J connectivity index is 1.84. The quantitative estimate of drug-likeness (QED) is 0.549. The Morgan fingerprint density at radius 1 is 1.11 bits per heavy atom. The maximum Gasteiger partial charge on any atom is 0.169 e. The number of aromatic nitrogens is 1. The van der Waals surface area contributed by atoms with Crippen LogP contribution in [0.4, 0.5) is 4.39 Å². The van der Waals surface area contributed by atoms with Crippen LogP contribution in [-0.2, 0) is 24.7 Å². The smallest absolute Gasteiger partial charge is 0.169 e. The monoisotopic (exact) mass is 385 g/mol. The molecule has 3 rings (SSSR count). The highest BCUT2D eigenvalue weighted by Gasteiger charge is 2.17. The first kappa shape index (κ1) is 19.3. The van der Waals surface area contributed by atoms with Gasteiger partial charge in [0.15, 0.2) is 5.78 Å². The number of benzene rings is 2. The van der Waals surface area contributed by atoms with Crippen molar-refractivity contribution in [3.63, 3.8) is 0 Å². The SMILES string of the molecule is CC(C)C(=O)Cc1ccc(CC(=O)c2cn(C)c3ccc(F)cc23)c(Cl)c1. The number of ketones is 2. The number of halogens is 2. The molecule has 1 heterocycles. The van der Waals surface area contributed by atoms with Crippen LogP contribution >= 0.6 is 11.6 Å². The third-order valence-corrected chi connectivity index (χ3v) is 5.09. The Labute approximate surface area is 162 Å². The van der Waals surface area contributed by atoms with Crippen LogP contribution in [0.15, 0.2) is 42.6 Å². The fourth-order valence-electron chi connectivity index (χ4n) is 3.10. The predicted octanol–water partition coefficient (Wildman–Crippen LogP) is 5.16. The molecule has 0 spiro atoms. The normalized spacial score (nSPS) is 11.3. The molecule has 0 saturated heterocycles. The molecule has 0 amide bonds. The highest BCUT2D eigenvalue weighted by Crippen LogP contribution is 2.25. The summed E-state index contributed by atoms with van der Waals surface area (Å²) in [5.74, 6) is -0.386. The average Bonchev–Trinajstić information content (AvgIpc) is 2.93. The van der Waals surface area contributed by atoms with Crippen molar-refractivity contribution >= 4 is 34.1 Å². The van der Waals surface area contributed by atoms with Gasteiger partial charge in [-0.1, -0.05) is 37.6 Å². The Morgan fingerprint density at radius 2 is 1.85 bits per heavy atom. The minimum absolute atomic E-state index is 0.0308. The second-order valence-electron chi connectivity index (χ2n) is 7.14. The van der Waals surface area contributed by atoms with Gasteiger partial charge in [0.05, 0.1) is 0 Å². The van der Waals surface area contributed by atoms with E-state index in [0.29, 0.717) is 28.0 Å². The van der Waals surface area contributed by atoms with E-state index in [1.165, 1.54) is 12.1 Å². The predicted molar refractivity (Wildman–Crippen MR) is 106 cm³/mol. The first-order valence-electron chi connectivity index (χ1n) is 8.84. The first-order chi connectivity index (χ1) is 12.8. The Kier molecular flexibility index (Phi) is 5.47. The number of hydrogen-bond donors (Lipinski definition) is 0. The molecule has 27 heavy (non-hydrogen) atoms. The van der Waals surface area contributed by atoms with Crippen molar-refractivity contribution in [2.24, 2.45) is 13.0 Å². The van der Waals surface area contributed by atoms with Gasteiger partial charge in [-0.3, -0.25) is 9.59 Å². The molecule has 0 bridgehead atoms. The molecule has 3 aromatic rings. The minimum Gasteiger partial charge on any atom is -0.350 e. The van der Waals surface area contributed by atoms with E-state index >= 15 is 0 Å². The molecule has 0 unspecified atom stereocenters. The van der Waals surface area contributed by atoms with Gasteiger partial charge in [0.25, 0.3) is 0 Å². The first-order valence-corrected chi connectivity index (χ1v) is 9.22. The second kappa shape index (κ2) is 7.65. The minimum atomic E-state index is -0.375. The van der Waals surface area contributed by atoms with Gasteiger partial charge in [-0.15, -0.1) is 0 Å². The zero-order valence-corrected chi connectivity index (χ0v) is 16.3. The highest BCUT2D eigenvalue weighted by molar-refractivity contribution is 6.31. The van der Waals surface area contributed by atoms with E-state index in [1.54, 1.807) is 24.4 Å². The zero-order chi connectivity index (χ0) is 19.7. The topological polar surface area (TPSA) is 39.1 Å². The number of aryl methyl sites for hydroxylation is 1. The average molecular weight is 386 g/mol. The van der Waals surface area contributed by atoms with Gasteiger partial charge < -0.3 is 4.57 Å². The van der Waals surface area contributed by atoms with Crippen molar-refractivity contribution in [2.45, 2.75) is 26.7 Å². The van der Waals surface area contributed by atoms with Crippen LogP contribution in [0.25, 0.3) is 10.9 Å². The number of hydrogen-bond acceptors (Lipinski definition) is 2. The Bertz CT molecular complexity index is 1040. The maximum atomic E-state index is 13.6. The number of fused-ring (bicyclic) bond motifs is 1. The number of rotatable bonds is 6. The molecule has 0 atom stereocenters. The van der Waals surface area contributed by atoms with Gasteiger partial charge in [0.1, 0.15) is 11.6 Å². The van der Waals surface area contributed by atoms with E-state index in [4.69, 9.17) is 11.6 Å². The van der Waals surface area contributed by atoms with E-state index in [0.717, 1.165) is 11.1 Å². The van der Waals surface area contributed by atoms with Crippen LogP contribution in [0, 0.1) is 11.7 Å². The summed E-state index contributed by atoms with van der Waals surface area (Å²) in [4.78, 5) is 24.7. The van der Waals surface area contributed by atoms with Crippen LogP contribution in [0.3, 0.4) is 0 Å². The largest absolute Gasteiger partial charge is 0.350 e. The summed E-state index contributed by atoms with van der Waals surface area (Å²) in [5, 5.41) is 1.06. The summed E-state index contributed by atoms with van der Waals surface area (Å²) in [6.45, 7) is 3.73. The van der Waals surface area contributed by atoms with Gasteiger partial charge >= 0.3 is 0 Å². The van der Waals surface area contributed by atoms with E-state index in [2.05, 4.69) is 0 Å². The number of Topliss-reactive ketones (excluding diaryl/α,β-unsaturated/α-hetero) is 2. The van der Waals surface area contributed by atoms with E-state index in [1.807, 2.05) is 31.5 Å². The Hall–Kier alpha value is -2.46. The summed E-state index contributed by atoms with van der Waals surface area (Å²) in [6.07, 6.45) is 2.16. The van der Waals surface area contributed by atoms with Gasteiger partial charge in [-0.25, -0.2) is 4.39 Å². The molecule has 0 saturated carbocycles. The van der Waals surface area contributed by atoms with Gasteiger partial charge in [0.2, 0.25) is 0 Å². The fourth-order valence-corrected chi connectivity index (χ4v) is 3.37. The van der Waals surface area contributed by atoms with Gasteiger partial charge in [-0.2, -0.15) is 0 Å². The van der Waals surface area contributed by atoms with Crippen molar-refractivity contribution < 1.29 is 14.0 Å². The lowest BCUT2D eigenvalue weighted by molar-refractivity contribution is -0.121. The third kappa shape index (κ3) is 4.11. The van der Waals surface area contributed by atoms with Gasteiger partial charge in [0, 0.05) is 53.5 Å². The van der Waals surface area contributed by atoms with Crippen LogP contribution < -0.4 is 0 Å². The maximum absolute atomic E-state index is 13.6. The molecule has 2 aromatic carbocycles. The molecule has 0 radical (unpaired) electrons. The summed E-state index contributed by atoms with van der Waals surface area (Å²) < 4.78 is 15.4. The van der Waals surface area contributed by atoms with E-state index in [-0.39, 0.29) is 29.7 Å². The summed E-state index contributed by atoms with van der Waals surface area (Å²) in [6, 6.07) is 9.78. The lowest BCUT2D eigenvalue weighted by Crippen LogP contribution is -2.10. The molecular formula is C22H21ClFNO2. The third-order valence-electron chi connectivity index (χ3n) is 4.74. The molecule has 0 aliphatic heterocycles. The molecule has 0 fully saturated rings. The molecule has 1 aromatic heterocycles. The molecule has 5 heteroatoms. The van der Waals surface area contributed by atoms with Crippen LogP contribution in [0.1, 0.15) is 35.3 Å². The standard InChI is InChI=1S/C22H21ClFNO2/c1-13(2)21(26)9-14-4-5-15(19(23)8-14)10-22(27)18-12-25(3)20-7-6-16(24)11-17(18)20/h4-8,11-13H,9-10H2,1-3H3. The van der Waals surface area contributed by atoms with Crippen molar-refractivity contribution in [1.82, 2.24) is 4.57 Å². The summed E-state index contributed by atoms with van der Waals surface area (Å²) >= 11 is 6.34. The molecule has 0 aliphatic rings. The summed E-state index contributed by atoms with van der Waals surface area (Å²) in [5.41, 5.74) is 2.80. The fraction of sp³-hybridized carbons (Fsp3) is 0.273. The van der Waals surface area contributed by atoms with Crippen molar-refractivity contribution in [3.05, 3.63) is 70.1 Å². The lowest BCUT2D eigenvalue weighted by atomic mass is 9.98. The van der Waals surface area contributed by atoms with Crippen LogP contribution in [0.5, 0.6) is 0 Å². The zero-order valence-electron chi connectivity index (χ0n) is 15.6. The molecular weight excluding hydrogens is 365 g/mol. The van der Waals surface area contributed by atoms with Crippen molar-refractivity contribution in [1.29, 1.82) is 0 Å². The van der Waals surface area contributed by atoms with Gasteiger partial charge in [-0.05, 0) is 35.4 Å². The van der Waals surface area contributed by atoms with Crippen molar-refractivity contribution in [2.75, 3.05) is 0 Å². The summed E-state index contributed by atoms with van der Waals surface area (Å²) in [7, 11) is 1.82. The van der Waals surface area contributed by atoms with Crippen LogP contribution in [0.2, 0.25) is 5.02 Å². The Morgan fingerprint density at radius 3 is 2.52 bits per heavy atom. The molecule has 3 nitrogen and oxygen atoms in total. The lowest BCUT2D eigenvalue weighted by Gasteiger charge is -2.08. The van der Waals surface area contributed by atoms with E-state index < -0.39 is 0 Å². The number of carbonyl (C=O) groups excluding carboxylic acids is 2. The van der Waals surface area contributed by atoms with E-state index in [9.17, 15) is 14.0 Å². The molecule has 0 aliphatic carbocycles. The second-order valence-corrected chi connectivity index (χ2v) is 7.55. The number of carbonyl (C=O) groups is 2. The molecule has 0 N–H and O–H groups in total. The van der Waals surface area contributed by atoms with Crippen LogP contribution in [-0.4, -0.2) is 16.1 Å².